The van der Waals surface area contributed by atoms with Gasteiger partial charge in [0.2, 0.25) is 10.0 Å². The van der Waals surface area contributed by atoms with Gasteiger partial charge in [-0.3, -0.25) is 4.79 Å². The number of phenolic OH excluding ortho intramolecular Hbond substituents is 1. The third-order valence-corrected chi connectivity index (χ3v) is 7.59. The molecule has 0 radical (unpaired) electrons. The van der Waals surface area contributed by atoms with Crippen molar-refractivity contribution < 1.29 is 18.3 Å². The molecule has 1 aliphatic rings. The van der Waals surface area contributed by atoms with E-state index in [4.69, 9.17) is 0 Å². The number of anilines is 1. The van der Waals surface area contributed by atoms with Crippen molar-refractivity contribution in [1.82, 2.24) is 4.31 Å². The van der Waals surface area contributed by atoms with Crippen LogP contribution in [0.3, 0.4) is 0 Å². The van der Waals surface area contributed by atoms with Gasteiger partial charge in [-0.25, -0.2) is 8.42 Å². The molecule has 0 aliphatic carbocycles. The Hall–Kier alpha value is -2.68. The van der Waals surface area contributed by atoms with Crippen molar-refractivity contribution in [1.29, 1.82) is 0 Å². The number of sulfonamides is 1. The first kappa shape index (κ1) is 18.7. The molecule has 4 rings (SSSR count). The highest BCUT2D eigenvalue weighted by molar-refractivity contribution is 7.89. The number of benzene rings is 2. The molecule has 28 heavy (non-hydrogen) atoms. The zero-order chi connectivity index (χ0) is 19.7. The van der Waals surface area contributed by atoms with Gasteiger partial charge in [0.25, 0.3) is 5.91 Å². The Morgan fingerprint density at radius 1 is 1.07 bits per heavy atom. The number of para-hydroxylation sites is 2. The van der Waals surface area contributed by atoms with Gasteiger partial charge >= 0.3 is 0 Å². The van der Waals surface area contributed by atoms with Crippen LogP contribution in [0.25, 0.3) is 0 Å². The summed E-state index contributed by atoms with van der Waals surface area (Å²) in [5.41, 5.74) is 2.45. The summed E-state index contributed by atoms with van der Waals surface area (Å²) < 4.78 is 27.5. The van der Waals surface area contributed by atoms with E-state index in [1.54, 1.807) is 18.2 Å². The van der Waals surface area contributed by atoms with Crippen LogP contribution >= 0.6 is 11.3 Å². The number of carbonyl (C=O) groups is 1. The van der Waals surface area contributed by atoms with Gasteiger partial charge in [0.1, 0.15) is 5.75 Å². The predicted octanol–water partition coefficient (Wildman–Crippen LogP) is 3.45. The predicted molar refractivity (Wildman–Crippen MR) is 108 cm³/mol. The summed E-state index contributed by atoms with van der Waals surface area (Å²) in [6.07, 6.45) is 0.667. The first-order chi connectivity index (χ1) is 13.4. The maximum absolute atomic E-state index is 13.0. The number of hydrogen-bond acceptors (Lipinski definition) is 5. The number of fused-ring (bicyclic) bond motifs is 1. The molecule has 2 heterocycles. The summed E-state index contributed by atoms with van der Waals surface area (Å²) in [6.45, 7) is 0.738. The van der Waals surface area contributed by atoms with Gasteiger partial charge in [-0.05, 0) is 35.7 Å². The number of aromatic hydroxyl groups is 1. The smallest absolute Gasteiger partial charge is 0.265 e. The van der Waals surface area contributed by atoms with Crippen LogP contribution in [0.2, 0.25) is 0 Å². The average Bonchev–Trinajstić information content (AvgIpc) is 3.20. The molecule has 144 valence electrons. The van der Waals surface area contributed by atoms with Crippen LogP contribution in [0.1, 0.15) is 20.8 Å². The van der Waals surface area contributed by atoms with E-state index in [-0.39, 0.29) is 21.2 Å². The molecule has 0 bridgehead atoms. The third kappa shape index (κ3) is 3.54. The minimum Gasteiger partial charge on any atom is -0.506 e. The molecule has 0 atom stereocenters. The van der Waals surface area contributed by atoms with Crippen LogP contribution in [-0.2, 0) is 23.0 Å². The molecule has 2 N–H and O–H groups in total. The fourth-order valence-electron chi connectivity index (χ4n) is 3.16. The lowest BCUT2D eigenvalue weighted by Gasteiger charge is -2.27. The second-order valence-electron chi connectivity index (χ2n) is 6.48. The Morgan fingerprint density at radius 3 is 2.57 bits per heavy atom. The summed E-state index contributed by atoms with van der Waals surface area (Å²) in [6, 6.07) is 15.6. The van der Waals surface area contributed by atoms with E-state index in [1.165, 1.54) is 27.4 Å². The van der Waals surface area contributed by atoms with Crippen LogP contribution < -0.4 is 5.32 Å². The first-order valence-corrected chi connectivity index (χ1v) is 11.0. The highest BCUT2D eigenvalue weighted by atomic mass is 32.2. The van der Waals surface area contributed by atoms with Crippen molar-refractivity contribution in [3.05, 3.63) is 76.0 Å². The van der Waals surface area contributed by atoms with Crippen LogP contribution in [0, 0.1) is 0 Å². The molecule has 1 aromatic heterocycles. The fraction of sp³-hybridized carbons (Fsp3) is 0.150. The van der Waals surface area contributed by atoms with Crippen LogP contribution in [0.15, 0.2) is 64.9 Å². The Balaban J connectivity index is 1.53. The standard InChI is InChI=1S/C20H18N2O4S2/c23-18-8-4-3-7-17(18)21-20(24)19-11-16(13-27-19)28(25,26)22-10-9-14-5-1-2-6-15(14)12-22/h1-8,11,13,23H,9-10,12H2,(H,21,24). The number of nitrogens with zero attached hydrogens (tertiary/aromatic N) is 1. The maximum atomic E-state index is 13.0. The van der Waals surface area contributed by atoms with E-state index in [1.807, 2.05) is 24.3 Å². The number of thiophene rings is 1. The molecule has 0 saturated carbocycles. The molecule has 0 spiro atoms. The van der Waals surface area contributed by atoms with Gasteiger partial charge in [-0.15, -0.1) is 11.3 Å². The van der Waals surface area contributed by atoms with E-state index in [0.717, 1.165) is 16.9 Å². The van der Waals surface area contributed by atoms with Crippen LogP contribution in [0.5, 0.6) is 5.75 Å². The largest absolute Gasteiger partial charge is 0.506 e. The van der Waals surface area contributed by atoms with Crippen LogP contribution in [-0.4, -0.2) is 30.3 Å². The van der Waals surface area contributed by atoms with Gasteiger partial charge in [0.15, 0.2) is 0 Å². The SMILES string of the molecule is O=C(Nc1ccccc1O)c1cc(S(=O)(=O)N2CCc3ccccc3C2)cs1. The first-order valence-electron chi connectivity index (χ1n) is 8.70. The molecular weight excluding hydrogens is 396 g/mol. The van der Waals surface area contributed by atoms with Gasteiger partial charge < -0.3 is 10.4 Å². The number of nitrogens with one attached hydrogen (secondary N) is 1. The van der Waals surface area contributed by atoms with Crippen molar-refractivity contribution in [2.75, 3.05) is 11.9 Å². The lowest BCUT2D eigenvalue weighted by Crippen LogP contribution is -2.35. The number of carbonyl (C=O) groups excluding carboxylic acids is 1. The van der Waals surface area contributed by atoms with Crippen molar-refractivity contribution in [2.24, 2.45) is 0 Å². The number of rotatable bonds is 4. The van der Waals surface area contributed by atoms with Gasteiger partial charge in [-0.2, -0.15) is 4.31 Å². The summed E-state index contributed by atoms with van der Waals surface area (Å²) in [7, 11) is -3.68. The lowest BCUT2D eigenvalue weighted by molar-refractivity contribution is 0.103. The lowest BCUT2D eigenvalue weighted by atomic mass is 10.0. The van der Waals surface area contributed by atoms with Gasteiger partial charge in [0.05, 0.1) is 15.5 Å². The van der Waals surface area contributed by atoms with Gasteiger partial charge in [0, 0.05) is 18.5 Å². The summed E-state index contributed by atoms with van der Waals surface area (Å²) in [5.74, 6) is -0.510. The molecule has 0 unspecified atom stereocenters. The quantitative estimate of drug-likeness (QED) is 0.640. The minimum absolute atomic E-state index is 0.0489. The molecule has 1 aliphatic heterocycles. The molecule has 8 heteroatoms. The monoisotopic (exact) mass is 414 g/mol. The van der Waals surface area contributed by atoms with E-state index in [9.17, 15) is 18.3 Å². The topological polar surface area (TPSA) is 86.7 Å². The van der Waals surface area contributed by atoms with Crippen molar-refractivity contribution in [3.8, 4) is 5.75 Å². The zero-order valence-electron chi connectivity index (χ0n) is 14.8. The number of hydrogen-bond donors (Lipinski definition) is 2. The summed E-state index contributed by atoms with van der Waals surface area (Å²) in [5, 5.41) is 13.9. The molecule has 1 amide bonds. The van der Waals surface area contributed by atoms with E-state index in [2.05, 4.69) is 5.32 Å². The van der Waals surface area contributed by atoms with Crippen molar-refractivity contribution in [3.63, 3.8) is 0 Å². The van der Waals surface area contributed by atoms with Crippen molar-refractivity contribution in [2.45, 2.75) is 17.9 Å². The van der Waals surface area contributed by atoms with E-state index >= 15 is 0 Å². The molecule has 0 saturated heterocycles. The molecule has 3 aromatic rings. The number of phenols is 1. The fourth-order valence-corrected chi connectivity index (χ4v) is 5.74. The Bertz CT molecular complexity index is 1140. The maximum Gasteiger partial charge on any atom is 0.265 e. The molecular formula is C20H18N2O4S2. The van der Waals surface area contributed by atoms with Crippen molar-refractivity contribution >= 4 is 33.0 Å². The molecule has 6 nitrogen and oxygen atoms in total. The zero-order valence-corrected chi connectivity index (χ0v) is 16.5. The van der Waals surface area contributed by atoms with E-state index in [0.29, 0.717) is 19.5 Å². The normalized spacial score (nSPS) is 14.4. The van der Waals surface area contributed by atoms with Crippen LogP contribution in [0.4, 0.5) is 5.69 Å². The highest BCUT2D eigenvalue weighted by Crippen LogP contribution is 2.29. The number of amides is 1. The molecule has 2 aromatic carbocycles. The van der Waals surface area contributed by atoms with Gasteiger partial charge in [-0.1, -0.05) is 36.4 Å². The Morgan fingerprint density at radius 2 is 1.79 bits per heavy atom. The second kappa shape index (κ2) is 7.38. The highest BCUT2D eigenvalue weighted by Gasteiger charge is 2.29. The Labute approximate surface area is 167 Å². The third-order valence-electron chi connectivity index (χ3n) is 4.68. The van der Waals surface area contributed by atoms with E-state index < -0.39 is 15.9 Å². The second-order valence-corrected chi connectivity index (χ2v) is 9.32. The summed E-state index contributed by atoms with van der Waals surface area (Å²) >= 11 is 1.06. The Kier molecular flexibility index (Phi) is 4.92. The summed E-state index contributed by atoms with van der Waals surface area (Å²) in [4.78, 5) is 12.8. The molecule has 0 fully saturated rings. The minimum atomic E-state index is -3.68. The average molecular weight is 415 g/mol.